The van der Waals surface area contributed by atoms with E-state index in [1.165, 1.54) is 11.1 Å². The Hall–Kier alpha value is -2.08. The summed E-state index contributed by atoms with van der Waals surface area (Å²) >= 11 is 0. The minimum absolute atomic E-state index is 0.00901. The van der Waals surface area contributed by atoms with Gasteiger partial charge in [-0.25, -0.2) is 4.79 Å². The second kappa shape index (κ2) is 8.54. The van der Waals surface area contributed by atoms with E-state index in [0.29, 0.717) is 31.8 Å². The van der Waals surface area contributed by atoms with Crippen LogP contribution in [0.25, 0.3) is 0 Å². The Bertz CT molecular complexity index is 640. The summed E-state index contributed by atoms with van der Waals surface area (Å²) in [7, 11) is 0. The summed E-state index contributed by atoms with van der Waals surface area (Å²) in [5.41, 5.74) is 8.07. The van der Waals surface area contributed by atoms with Crippen LogP contribution in [0.15, 0.2) is 24.3 Å². The zero-order chi connectivity index (χ0) is 18.5. The molecule has 6 heteroatoms. The van der Waals surface area contributed by atoms with Gasteiger partial charge in [-0.2, -0.15) is 0 Å². The standard InChI is InChI=1S/C20H30N4O2/c1-15-4-2-3-5-18(15)14-23-9-6-16(13-23)12-22-20(26)24-10-7-17(8-11-24)19(21)25/h2-5,16-17H,6-14H2,1H3,(H2,21,25)(H,22,26)/t16-/m0/s1. The Morgan fingerprint density at radius 2 is 1.88 bits per heavy atom. The SMILES string of the molecule is Cc1ccccc1CN1CC[C@@H](CNC(=O)N2CCC(C(N)=O)CC2)C1. The molecule has 0 aliphatic carbocycles. The summed E-state index contributed by atoms with van der Waals surface area (Å²) in [4.78, 5) is 27.8. The third-order valence-corrected chi connectivity index (χ3v) is 5.75. The third kappa shape index (κ3) is 4.75. The normalized spacial score (nSPS) is 21.7. The van der Waals surface area contributed by atoms with Gasteiger partial charge in [0, 0.05) is 38.6 Å². The van der Waals surface area contributed by atoms with Crippen molar-refractivity contribution in [3.8, 4) is 0 Å². The highest BCUT2D eigenvalue weighted by Crippen LogP contribution is 2.20. The molecular weight excluding hydrogens is 328 g/mol. The number of aryl methyl sites for hydroxylation is 1. The van der Waals surface area contributed by atoms with Crippen LogP contribution < -0.4 is 11.1 Å². The average molecular weight is 358 g/mol. The lowest BCUT2D eigenvalue weighted by Gasteiger charge is -2.31. The molecule has 0 aromatic heterocycles. The number of carbonyl (C=O) groups is 2. The number of urea groups is 1. The van der Waals surface area contributed by atoms with Gasteiger partial charge in [0.25, 0.3) is 0 Å². The monoisotopic (exact) mass is 358 g/mol. The molecule has 2 aliphatic rings. The van der Waals surface area contributed by atoms with Crippen LogP contribution in [0.3, 0.4) is 0 Å². The Morgan fingerprint density at radius 1 is 1.15 bits per heavy atom. The van der Waals surface area contributed by atoms with E-state index in [4.69, 9.17) is 5.73 Å². The third-order valence-electron chi connectivity index (χ3n) is 5.75. The second-order valence-electron chi connectivity index (χ2n) is 7.67. The Balaban J connectivity index is 1.39. The molecule has 0 spiro atoms. The van der Waals surface area contributed by atoms with E-state index in [2.05, 4.69) is 41.4 Å². The van der Waals surface area contributed by atoms with Crippen LogP contribution in [0, 0.1) is 18.8 Å². The summed E-state index contributed by atoms with van der Waals surface area (Å²) in [6.07, 6.45) is 2.47. The number of benzene rings is 1. The van der Waals surface area contributed by atoms with E-state index in [1.54, 1.807) is 4.90 Å². The van der Waals surface area contributed by atoms with Crippen LogP contribution in [0.5, 0.6) is 0 Å². The largest absolute Gasteiger partial charge is 0.369 e. The molecule has 0 bridgehead atoms. The van der Waals surface area contributed by atoms with Crippen molar-refractivity contribution in [1.29, 1.82) is 0 Å². The number of hydrogen-bond donors (Lipinski definition) is 2. The number of nitrogens with zero attached hydrogens (tertiary/aromatic N) is 2. The Kier molecular flexibility index (Phi) is 6.14. The molecule has 1 atom stereocenters. The van der Waals surface area contributed by atoms with E-state index >= 15 is 0 Å². The summed E-state index contributed by atoms with van der Waals surface area (Å²) in [5, 5.41) is 3.08. The molecule has 3 rings (SSSR count). The number of piperidine rings is 1. The highest BCUT2D eigenvalue weighted by Gasteiger charge is 2.27. The number of likely N-dealkylation sites (tertiary alicyclic amines) is 2. The summed E-state index contributed by atoms with van der Waals surface area (Å²) < 4.78 is 0. The molecule has 2 fully saturated rings. The summed E-state index contributed by atoms with van der Waals surface area (Å²) in [6, 6.07) is 8.51. The molecule has 1 aromatic carbocycles. The van der Waals surface area contributed by atoms with Gasteiger partial charge in [0.05, 0.1) is 0 Å². The first kappa shape index (κ1) is 18.7. The van der Waals surface area contributed by atoms with Crippen molar-refractivity contribution in [2.24, 2.45) is 17.6 Å². The zero-order valence-corrected chi connectivity index (χ0v) is 15.6. The first-order chi connectivity index (χ1) is 12.5. The predicted octanol–water partition coefficient (Wildman–Crippen LogP) is 1.72. The van der Waals surface area contributed by atoms with Gasteiger partial charge in [-0.3, -0.25) is 9.69 Å². The molecule has 2 heterocycles. The molecule has 142 valence electrons. The number of carbonyl (C=O) groups excluding carboxylic acids is 2. The number of amides is 3. The quantitative estimate of drug-likeness (QED) is 0.841. The highest BCUT2D eigenvalue weighted by molar-refractivity contribution is 5.78. The fraction of sp³-hybridized carbons (Fsp3) is 0.600. The van der Waals surface area contributed by atoms with Gasteiger partial charge in [0.15, 0.2) is 0 Å². The van der Waals surface area contributed by atoms with Crippen LogP contribution >= 0.6 is 0 Å². The van der Waals surface area contributed by atoms with Crippen molar-refractivity contribution in [3.05, 3.63) is 35.4 Å². The van der Waals surface area contributed by atoms with Crippen LogP contribution in [0.1, 0.15) is 30.4 Å². The molecule has 0 radical (unpaired) electrons. The van der Waals surface area contributed by atoms with Gasteiger partial charge in [0.2, 0.25) is 5.91 Å². The molecule has 1 aromatic rings. The van der Waals surface area contributed by atoms with Gasteiger partial charge in [-0.15, -0.1) is 0 Å². The van der Waals surface area contributed by atoms with Crippen LogP contribution in [-0.4, -0.2) is 54.5 Å². The van der Waals surface area contributed by atoms with E-state index in [1.807, 2.05) is 0 Å². The number of primary amides is 1. The number of rotatable bonds is 5. The van der Waals surface area contributed by atoms with Crippen LogP contribution in [-0.2, 0) is 11.3 Å². The maximum Gasteiger partial charge on any atom is 0.317 e. The van der Waals surface area contributed by atoms with E-state index in [0.717, 1.165) is 32.6 Å². The van der Waals surface area contributed by atoms with Gasteiger partial charge >= 0.3 is 6.03 Å². The van der Waals surface area contributed by atoms with E-state index < -0.39 is 0 Å². The van der Waals surface area contributed by atoms with E-state index in [-0.39, 0.29) is 17.9 Å². The number of hydrogen-bond acceptors (Lipinski definition) is 3. The first-order valence-electron chi connectivity index (χ1n) is 9.62. The van der Waals surface area contributed by atoms with Gasteiger partial charge < -0.3 is 16.0 Å². The van der Waals surface area contributed by atoms with Crippen molar-refractivity contribution in [2.75, 3.05) is 32.7 Å². The molecular formula is C20H30N4O2. The van der Waals surface area contributed by atoms with Crippen LogP contribution in [0.2, 0.25) is 0 Å². The minimum Gasteiger partial charge on any atom is -0.369 e. The first-order valence-corrected chi connectivity index (χ1v) is 9.62. The van der Waals surface area contributed by atoms with Gasteiger partial charge in [-0.1, -0.05) is 24.3 Å². The van der Waals surface area contributed by atoms with Crippen molar-refractivity contribution in [1.82, 2.24) is 15.1 Å². The average Bonchev–Trinajstić information content (AvgIpc) is 3.09. The zero-order valence-electron chi connectivity index (χ0n) is 15.6. The molecule has 3 N–H and O–H groups in total. The smallest absolute Gasteiger partial charge is 0.317 e. The van der Waals surface area contributed by atoms with Gasteiger partial charge in [-0.05, 0) is 49.8 Å². The maximum atomic E-state index is 12.3. The molecule has 6 nitrogen and oxygen atoms in total. The predicted molar refractivity (Wildman–Crippen MR) is 101 cm³/mol. The molecule has 0 saturated carbocycles. The van der Waals surface area contributed by atoms with Crippen LogP contribution in [0.4, 0.5) is 4.79 Å². The lowest BCUT2D eigenvalue weighted by molar-refractivity contribution is -0.123. The number of nitrogens with one attached hydrogen (secondary N) is 1. The van der Waals surface area contributed by atoms with Crippen molar-refractivity contribution in [3.63, 3.8) is 0 Å². The fourth-order valence-corrected chi connectivity index (χ4v) is 3.96. The lowest BCUT2D eigenvalue weighted by Crippen LogP contribution is -2.47. The van der Waals surface area contributed by atoms with Crippen molar-refractivity contribution in [2.45, 2.75) is 32.7 Å². The van der Waals surface area contributed by atoms with Crippen molar-refractivity contribution < 1.29 is 9.59 Å². The Labute approximate surface area is 155 Å². The van der Waals surface area contributed by atoms with Gasteiger partial charge in [0.1, 0.15) is 0 Å². The summed E-state index contributed by atoms with van der Waals surface area (Å²) in [5.74, 6) is 0.180. The van der Waals surface area contributed by atoms with Crippen molar-refractivity contribution >= 4 is 11.9 Å². The number of nitrogens with two attached hydrogens (primary N) is 1. The molecule has 0 unspecified atom stereocenters. The lowest BCUT2D eigenvalue weighted by atomic mass is 9.96. The highest BCUT2D eigenvalue weighted by atomic mass is 16.2. The topological polar surface area (TPSA) is 78.7 Å². The molecule has 3 amide bonds. The molecule has 2 saturated heterocycles. The maximum absolute atomic E-state index is 12.3. The fourth-order valence-electron chi connectivity index (χ4n) is 3.96. The summed E-state index contributed by atoms with van der Waals surface area (Å²) in [6.45, 7) is 7.20. The minimum atomic E-state index is -0.246. The van der Waals surface area contributed by atoms with E-state index in [9.17, 15) is 9.59 Å². The Morgan fingerprint density at radius 3 is 2.58 bits per heavy atom. The molecule has 26 heavy (non-hydrogen) atoms. The second-order valence-corrected chi connectivity index (χ2v) is 7.67. The molecule has 2 aliphatic heterocycles.